The molecule has 2 aromatic rings. The number of amides is 2. The van der Waals surface area contributed by atoms with Crippen LogP contribution >= 0.6 is 0 Å². The third-order valence-corrected chi connectivity index (χ3v) is 3.99. The van der Waals surface area contributed by atoms with Crippen LogP contribution in [-0.2, 0) is 9.53 Å². The van der Waals surface area contributed by atoms with Crippen molar-refractivity contribution < 1.29 is 23.5 Å². The highest BCUT2D eigenvalue weighted by molar-refractivity contribution is 5.96. The molecule has 0 radical (unpaired) electrons. The normalized spacial score (nSPS) is 10.2. The summed E-state index contributed by atoms with van der Waals surface area (Å²) in [6, 6.07) is 8.50. The summed E-state index contributed by atoms with van der Waals surface area (Å²) >= 11 is 0. The van der Waals surface area contributed by atoms with E-state index in [0.717, 1.165) is 18.8 Å². The lowest BCUT2D eigenvalue weighted by Gasteiger charge is -2.21. The highest BCUT2D eigenvalue weighted by Crippen LogP contribution is 2.14. The number of nitrogens with one attached hydrogen (secondary N) is 2. The number of hydrogen-bond acceptors (Lipinski definition) is 6. The average molecular weight is 373 g/mol. The van der Waals surface area contributed by atoms with Gasteiger partial charge in [0.15, 0.2) is 6.61 Å². The fraction of sp³-hybridized carbons (Fsp3) is 0.316. The Hall–Kier alpha value is -3.29. The number of furan rings is 1. The zero-order chi connectivity index (χ0) is 19.8. The first-order valence-corrected chi connectivity index (χ1v) is 8.61. The zero-order valence-corrected chi connectivity index (χ0v) is 15.6. The second kappa shape index (κ2) is 9.42. The molecule has 8 nitrogen and oxygen atoms in total. The summed E-state index contributed by atoms with van der Waals surface area (Å²) in [6.07, 6.45) is 1.36. The Balaban J connectivity index is 1.80. The predicted molar refractivity (Wildman–Crippen MR) is 99.3 cm³/mol. The first-order chi connectivity index (χ1) is 13.0. The minimum atomic E-state index is -0.672. The predicted octanol–water partition coefficient (Wildman–Crippen LogP) is 2.05. The first-order valence-electron chi connectivity index (χ1n) is 8.61. The molecule has 0 aliphatic heterocycles. The smallest absolute Gasteiger partial charge is 0.342 e. The molecule has 2 amide bonds. The molecule has 0 spiro atoms. The van der Waals surface area contributed by atoms with Gasteiger partial charge in [-0.1, -0.05) is 0 Å². The molecule has 1 aromatic carbocycles. The Bertz CT molecular complexity index is 794. The number of benzene rings is 1. The van der Waals surface area contributed by atoms with Crippen LogP contribution in [0.25, 0.3) is 0 Å². The highest BCUT2D eigenvalue weighted by atomic mass is 16.5. The van der Waals surface area contributed by atoms with Gasteiger partial charge in [-0.2, -0.15) is 0 Å². The van der Waals surface area contributed by atoms with Gasteiger partial charge in [0.2, 0.25) is 0 Å². The molecule has 27 heavy (non-hydrogen) atoms. The van der Waals surface area contributed by atoms with Crippen LogP contribution < -0.4 is 15.8 Å². The van der Waals surface area contributed by atoms with Crippen molar-refractivity contribution in [3.8, 4) is 0 Å². The van der Waals surface area contributed by atoms with Crippen LogP contribution in [0.15, 0.2) is 41.0 Å². The fourth-order valence-corrected chi connectivity index (χ4v) is 2.45. The number of carbonyl (C=O) groups excluding carboxylic acids is 3. The summed E-state index contributed by atoms with van der Waals surface area (Å²) in [5.74, 6) is -1.39. The molecular formula is C19H23N3O5. The topological polar surface area (TPSA) is 101 Å². The van der Waals surface area contributed by atoms with E-state index in [2.05, 4.69) is 29.6 Å². The maximum Gasteiger partial charge on any atom is 0.342 e. The first kappa shape index (κ1) is 20.0. The number of ether oxygens (including phenoxy) is 1. The maximum atomic E-state index is 12.1. The van der Waals surface area contributed by atoms with Gasteiger partial charge >= 0.3 is 5.97 Å². The van der Waals surface area contributed by atoms with Crippen molar-refractivity contribution in [3.05, 3.63) is 53.5 Å². The number of carbonyl (C=O) groups is 3. The standard InChI is InChI=1S/C19H23N3O5/c1-4-22(5-2)15-8-6-14(7-9-15)18(24)21-20-17(23)12-27-19(25)16-10-11-26-13(16)3/h6-11H,4-5,12H2,1-3H3,(H,20,23)(H,21,24). The number of esters is 1. The van der Waals surface area contributed by atoms with E-state index in [1.807, 2.05) is 12.1 Å². The van der Waals surface area contributed by atoms with E-state index in [9.17, 15) is 14.4 Å². The minimum Gasteiger partial charge on any atom is -0.469 e. The second-order valence-electron chi connectivity index (χ2n) is 5.69. The van der Waals surface area contributed by atoms with E-state index in [1.165, 1.54) is 12.3 Å². The van der Waals surface area contributed by atoms with E-state index in [4.69, 9.17) is 9.15 Å². The SMILES string of the molecule is CCN(CC)c1ccc(C(=O)NNC(=O)COC(=O)c2ccoc2C)cc1. The molecule has 0 bridgehead atoms. The van der Waals surface area contributed by atoms with Crippen molar-refractivity contribution in [1.29, 1.82) is 0 Å². The third-order valence-electron chi connectivity index (χ3n) is 3.99. The average Bonchev–Trinajstić information content (AvgIpc) is 3.11. The molecular weight excluding hydrogens is 350 g/mol. The number of anilines is 1. The maximum absolute atomic E-state index is 12.1. The Kier molecular flexibility index (Phi) is 6.99. The molecule has 0 saturated carbocycles. The molecule has 0 unspecified atom stereocenters. The Morgan fingerprint density at radius 3 is 2.26 bits per heavy atom. The van der Waals surface area contributed by atoms with Crippen LogP contribution in [-0.4, -0.2) is 37.5 Å². The molecule has 144 valence electrons. The molecule has 0 atom stereocenters. The summed E-state index contributed by atoms with van der Waals surface area (Å²) in [7, 11) is 0. The van der Waals surface area contributed by atoms with Gasteiger partial charge in [0.25, 0.3) is 11.8 Å². The minimum absolute atomic E-state index is 0.250. The van der Waals surface area contributed by atoms with E-state index in [1.54, 1.807) is 19.1 Å². The van der Waals surface area contributed by atoms with E-state index < -0.39 is 24.4 Å². The van der Waals surface area contributed by atoms with Crippen molar-refractivity contribution in [2.24, 2.45) is 0 Å². The van der Waals surface area contributed by atoms with Crippen molar-refractivity contribution in [2.75, 3.05) is 24.6 Å². The zero-order valence-electron chi connectivity index (χ0n) is 15.6. The number of rotatable bonds is 7. The van der Waals surface area contributed by atoms with Crippen molar-refractivity contribution >= 4 is 23.5 Å². The van der Waals surface area contributed by atoms with Crippen LogP contribution in [0, 0.1) is 6.92 Å². The number of nitrogens with zero attached hydrogens (tertiary/aromatic N) is 1. The Morgan fingerprint density at radius 2 is 1.70 bits per heavy atom. The quantitative estimate of drug-likeness (QED) is 0.569. The molecule has 0 aliphatic rings. The summed E-state index contributed by atoms with van der Waals surface area (Å²) in [5, 5.41) is 0. The van der Waals surface area contributed by atoms with Gasteiger partial charge in [0, 0.05) is 24.3 Å². The van der Waals surface area contributed by atoms with Gasteiger partial charge in [0.05, 0.1) is 6.26 Å². The van der Waals surface area contributed by atoms with E-state index in [0.29, 0.717) is 11.3 Å². The molecule has 0 fully saturated rings. The lowest BCUT2D eigenvalue weighted by Crippen LogP contribution is -2.43. The van der Waals surface area contributed by atoms with E-state index in [-0.39, 0.29) is 5.56 Å². The monoisotopic (exact) mass is 373 g/mol. The Labute approximate surface area is 157 Å². The highest BCUT2D eigenvalue weighted by Gasteiger charge is 2.15. The largest absolute Gasteiger partial charge is 0.469 e. The van der Waals surface area contributed by atoms with Gasteiger partial charge in [-0.15, -0.1) is 0 Å². The summed E-state index contributed by atoms with van der Waals surface area (Å²) in [4.78, 5) is 37.7. The molecule has 0 aliphatic carbocycles. The van der Waals surface area contributed by atoms with Gasteiger partial charge in [-0.3, -0.25) is 20.4 Å². The van der Waals surface area contributed by atoms with Gasteiger partial charge in [-0.25, -0.2) is 4.79 Å². The summed E-state index contributed by atoms with van der Waals surface area (Å²) < 4.78 is 9.86. The number of hydrogen-bond donors (Lipinski definition) is 2. The summed E-state index contributed by atoms with van der Waals surface area (Å²) in [6.45, 7) is 6.94. The molecule has 8 heteroatoms. The Morgan fingerprint density at radius 1 is 1.04 bits per heavy atom. The van der Waals surface area contributed by atoms with Crippen LogP contribution in [0.3, 0.4) is 0 Å². The molecule has 1 aromatic heterocycles. The van der Waals surface area contributed by atoms with Crippen LogP contribution in [0.5, 0.6) is 0 Å². The molecule has 0 saturated heterocycles. The second-order valence-corrected chi connectivity index (χ2v) is 5.69. The number of aryl methyl sites for hydroxylation is 1. The van der Waals surface area contributed by atoms with Crippen LogP contribution in [0.2, 0.25) is 0 Å². The van der Waals surface area contributed by atoms with Crippen molar-refractivity contribution in [3.63, 3.8) is 0 Å². The number of hydrazine groups is 1. The van der Waals surface area contributed by atoms with Gasteiger partial charge < -0.3 is 14.1 Å². The lowest BCUT2D eigenvalue weighted by atomic mass is 10.2. The van der Waals surface area contributed by atoms with E-state index >= 15 is 0 Å². The molecule has 1 heterocycles. The lowest BCUT2D eigenvalue weighted by molar-refractivity contribution is -0.125. The molecule has 2 rings (SSSR count). The fourth-order valence-electron chi connectivity index (χ4n) is 2.45. The van der Waals surface area contributed by atoms with Gasteiger partial charge in [-0.05, 0) is 51.1 Å². The van der Waals surface area contributed by atoms with Crippen molar-refractivity contribution in [2.45, 2.75) is 20.8 Å². The van der Waals surface area contributed by atoms with Crippen LogP contribution in [0.1, 0.15) is 40.3 Å². The summed E-state index contributed by atoms with van der Waals surface area (Å²) in [5.41, 5.74) is 6.16. The third kappa shape index (κ3) is 5.34. The van der Waals surface area contributed by atoms with Gasteiger partial charge in [0.1, 0.15) is 11.3 Å². The van der Waals surface area contributed by atoms with Crippen molar-refractivity contribution in [1.82, 2.24) is 10.9 Å². The molecule has 2 N–H and O–H groups in total. The van der Waals surface area contributed by atoms with Crippen LogP contribution in [0.4, 0.5) is 5.69 Å².